The summed E-state index contributed by atoms with van der Waals surface area (Å²) < 4.78 is 7.01. The van der Waals surface area contributed by atoms with Gasteiger partial charge in [-0.15, -0.1) is 6.58 Å². The summed E-state index contributed by atoms with van der Waals surface area (Å²) in [4.78, 5) is 27.0. The molecule has 1 aliphatic heterocycles. The number of likely N-dealkylation sites (tertiary alicyclic amines) is 1. The zero-order valence-electron chi connectivity index (χ0n) is 17.4. The van der Waals surface area contributed by atoms with Gasteiger partial charge in [0.1, 0.15) is 0 Å². The summed E-state index contributed by atoms with van der Waals surface area (Å²) in [6.07, 6.45) is 4.71. The maximum Gasteiger partial charge on any atom is 0.257 e. The molecule has 1 aromatic rings. The number of piperidine rings is 1. The highest BCUT2D eigenvalue weighted by atomic mass is 16.5. The quantitative estimate of drug-likeness (QED) is 0.545. The summed E-state index contributed by atoms with van der Waals surface area (Å²) >= 11 is 0. The van der Waals surface area contributed by atoms with E-state index in [1.54, 1.807) is 10.8 Å². The monoisotopic (exact) mass is 388 g/mol. The molecule has 0 bridgehead atoms. The number of carbonyl (C=O) groups is 2. The predicted octanol–water partition coefficient (Wildman–Crippen LogP) is 1.89. The summed E-state index contributed by atoms with van der Waals surface area (Å²) in [5, 5.41) is 7.62. The van der Waals surface area contributed by atoms with Crippen LogP contribution in [0.1, 0.15) is 49.7 Å². The zero-order valence-corrected chi connectivity index (χ0v) is 17.4. The lowest BCUT2D eigenvalue weighted by Gasteiger charge is -2.23. The Bertz CT molecular complexity index is 737. The van der Waals surface area contributed by atoms with E-state index in [1.807, 2.05) is 18.1 Å². The highest BCUT2D eigenvalue weighted by molar-refractivity contribution is 5.96. The SMILES string of the molecule is C=CCOCCCC(=O)NC1[C@H]2CN(C(=O)c3cn(C)nc3C(C)(C)C)C[C@@H]12. The van der Waals surface area contributed by atoms with E-state index >= 15 is 0 Å². The van der Waals surface area contributed by atoms with E-state index in [9.17, 15) is 9.59 Å². The van der Waals surface area contributed by atoms with Crippen LogP contribution in [0.4, 0.5) is 0 Å². The fourth-order valence-corrected chi connectivity index (χ4v) is 4.04. The Morgan fingerprint density at radius 3 is 2.64 bits per heavy atom. The Balaban J connectivity index is 1.47. The van der Waals surface area contributed by atoms with E-state index in [2.05, 4.69) is 37.8 Å². The molecule has 0 aromatic carbocycles. The van der Waals surface area contributed by atoms with Crippen LogP contribution >= 0.6 is 0 Å². The smallest absolute Gasteiger partial charge is 0.257 e. The Labute approximate surface area is 167 Å². The van der Waals surface area contributed by atoms with Gasteiger partial charge < -0.3 is 15.0 Å². The molecule has 1 saturated heterocycles. The minimum Gasteiger partial charge on any atom is -0.377 e. The summed E-state index contributed by atoms with van der Waals surface area (Å²) in [5.41, 5.74) is 1.35. The number of fused-ring (bicyclic) bond motifs is 1. The van der Waals surface area contributed by atoms with E-state index in [1.165, 1.54) is 0 Å². The third-order valence-corrected chi connectivity index (χ3v) is 5.51. The number of hydrogen-bond acceptors (Lipinski definition) is 4. The molecule has 1 aromatic heterocycles. The topological polar surface area (TPSA) is 76.5 Å². The molecule has 3 rings (SSSR count). The number of aryl methyl sites for hydroxylation is 1. The van der Waals surface area contributed by atoms with Crippen LogP contribution in [0, 0.1) is 11.8 Å². The van der Waals surface area contributed by atoms with E-state index in [0.717, 1.165) is 5.69 Å². The second-order valence-electron chi connectivity index (χ2n) is 8.91. The molecule has 7 heteroatoms. The second-order valence-corrected chi connectivity index (χ2v) is 8.91. The highest BCUT2D eigenvalue weighted by Crippen LogP contribution is 2.46. The van der Waals surface area contributed by atoms with Gasteiger partial charge in [-0.2, -0.15) is 5.10 Å². The fourth-order valence-electron chi connectivity index (χ4n) is 4.04. The van der Waals surface area contributed by atoms with Gasteiger partial charge in [0.15, 0.2) is 0 Å². The number of aromatic nitrogens is 2. The van der Waals surface area contributed by atoms with E-state index in [4.69, 9.17) is 4.74 Å². The molecule has 7 nitrogen and oxygen atoms in total. The second kappa shape index (κ2) is 8.07. The largest absolute Gasteiger partial charge is 0.377 e. The summed E-state index contributed by atoms with van der Waals surface area (Å²) in [7, 11) is 1.85. The molecular formula is C21H32N4O3. The lowest BCUT2D eigenvalue weighted by Crippen LogP contribution is -2.38. The van der Waals surface area contributed by atoms with Crippen molar-refractivity contribution >= 4 is 11.8 Å². The van der Waals surface area contributed by atoms with Crippen LogP contribution in [0.25, 0.3) is 0 Å². The Morgan fingerprint density at radius 1 is 1.36 bits per heavy atom. The lowest BCUT2D eigenvalue weighted by molar-refractivity contribution is -0.121. The average molecular weight is 389 g/mol. The van der Waals surface area contributed by atoms with Gasteiger partial charge >= 0.3 is 0 Å². The van der Waals surface area contributed by atoms with Gasteiger partial charge in [-0.25, -0.2) is 0 Å². The van der Waals surface area contributed by atoms with Crippen molar-refractivity contribution in [2.75, 3.05) is 26.3 Å². The van der Waals surface area contributed by atoms with Crippen molar-refractivity contribution in [1.29, 1.82) is 0 Å². The first-order valence-corrected chi connectivity index (χ1v) is 10.0. The molecular weight excluding hydrogens is 356 g/mol. The molecule has 1 N–H and O–H groups in total. The lowest BCUT2D eigenvalue weighted by atomic mass is 9.89. The molecule has 2 fully saturated rings. The molecule has 3 atom stereocenters. The number of nitrogens with one attached hydrogen (secondary N) is 1. The third-order valence-electron chi connectivity index (χ3n) is 5.51. The number of rotatable bonds is 8. The van der Waals surface area contributed by atoms with Crippen molar-refractivity contribution in [3.8, 4) is 0 Å². The van der Waals surface area contributed by atoms with Crippen LogP contribution < -0.4 is 5.32 Å². The molecule has 1 unspecified atom stereocenters. The first-order chi connectivity index (χ1) is 13.2. The normalized spacial score (nSPS) is 23.4. The van der Waals surface area contributed by atoms with Gasteiger partial charge in [-0.3, -0.25) is 14.3 Å². The first kappa shape index (κ1) is 20.6. The van der Waals surface area contributed by atoms with Gasteiger partial charge in [-0.05, 0) is 6.42 Å². The number of amides is 2. The van der Waals surface area contributed by atoms with E-state index in [0.29, 0.717) is 56.5 Å². The summed E-state index contributed by atoms with van der Waals surface area (Å²) in [6, 6.07) is 0.210. The number of carbonyl (C=O) groups excluding carboxylic acids is 2. The molecule has 0 radical (unpaired) electrons. The molecule has 1 saturated carbocycles. The fraction of sp³-hybridized carbons (Fsp3) is 0.667. The molecule has 28 heavy (non-hydrogen) atoms. The molecule has 2 heterocycles. The van der Waals surface area contributed by atoms with Crippen LogP contribution in [0.2, 0.25) is 0 Å². The zero-order chi connectivity index (χ0) is 20.5. The van der Waals surface area contributed by atoms with Crippen molar-refractivity contribution in [3.63, 3.8) is 0 Å². The highest BCUT2D eigenvalue weighted by Gasteiger charge is 2.57. The minimum absolute atomic E-state index is 0.0506. The Hall–Kier alpha value is -2.15. The van der Waals surface area contributed by atoms with Crippen LogP contribution in [0.15, 0.2) is 18.9 Å². The van der Waals surface area contributed by atoms with Crippen molar-refractivity contribution in [2.24, 2.45) is 18.9 Å². The average Bonchev–Trinajstić information content (AvgIpc) is 3.00. The summed E-state index contributed by atoms with van der Waals surface area (Å²) in [6.45, 7) is 12.3. The van der Waals surface area contributed by atoms with Crippen molar-refractivity contribution in [3.05, 3.63) is 30.1 Å². The third kappa shape index (κ3) is 4.46. The molecule has 0 spiro atoms. The van der Waals surface area contributed by atoms with Crippen LogP contribution in [-0.4, -0.2) is 58.8 Å². The number of nitrogens with zero attached hydrogens (tertiary/aromatic N) is 3. The maximum atomic E-state index is 13.0. The first-order valence-electron chi connectivity index (χ1n) is 10.0. The van der Waals surface area contributed by atoms with Gasteiger partial charge in [-0.1, -0.05) is 26.8 Å². The van der Waals surface area contributed by atoms with Gasteiger partial charge in [0.05, 0.1) is 17.9 Å². The molecule has 154 valence electrons. The Kier molecular flexibility index (Phi) is 5.93. The standard InChI is InChI=1S/C21H32N4O3/c1-6-9-28-10-7-8-17(26)22-18-14-12-25(13-15(14)18)20(27)16-11-24(5)23-19(16)21(2,3)4/h6,11,14-15,18H,1,7-10,12-13H2,2-5H3,(H,22,26)/t14-,15+,18?. The van der Waals surface area contributed by atoms with E-state index in [-0.39, 0.29) is 23.3 Å². The molecule has 2 aliphatic rings. The van der Waals surface area contributed by atoms with Crippen LogP contribution in [-0.2, 0) is 22.0 Å². The number of hydrogen-bond donors (Lipinski definition) is 1. The predicted molar refractivity (Wildman–Crippen MR) is 107 cm³/mol. The van der Waals surface area contributed by atoms with Crippen molar-refractivity contribution in [1.82, 2.24) is 20.0 Å². The van der Waals surface area contributed by atoms with E-state index < -0.39 is 0 Å². The van der Waals surface area contributed by atoms with Crippen molar-refractivity contribution in [2.45, 2.75) is 45.1 Å². The van der Waals surface area contributed by atoms with Gasteiger partial charge in [0.2, 0.25) is 5.91 Å². The Morgan fingerprint density at radius 2 is 2.04 bits per heavy atom. The van der Waals surface area contributed by atoms with Gasteiger partial charge in [0, 0.05) is 62.7 Å². The summed E-state index contributed by atoms with van der Waals surface area (Å²) in [5.74, 6) is 0.871. The minimum atomic E-state index is -0.180. The van der Waals surface area contributed by atoms with Crippen LogP contribution in [0.3, 0.4) is 0 Å². The molecule has 1 aliphatic carbocycles. The van der Waals surface area contributed by atoms with Crippen molar-refractivity contribution < 1.29 is 14.3 Å². The number of ether oxygens (including phenoxy) is 1. The molecule has 2 amide bonds. The maximum absolute atomic E-state index is 13.0. The van der Waals surface area contributed by atoms with Gasteiger partial charge in [0.25, 0.3) is 5.91 Å². The van der Waals surface area contributed by atoms with Crippen LogP contribution in [0.5, 0.6) is 0 Å².